The molecule has 0 atom stereocenters. The van der Waals surface area contributed by atoms with E-state index in [1.807, 2.05) is 24.3 Å². The van der Waals surface area contributed by atoms with Crippen molar-refractivity contribution in [2.45, 2.75) is 25.7 Å². The van der Waals surface area contributed by atoms with Gasteiger partial charge in [-0.15, -0.1) is 10.2 Å². The van der Waals surface area contributed by atoms with Gasteiger partial charge in [-0.05, 0) is 37.3 Å². The number of aromatic nitrogens is 3. The topological polar surface area (TPSA) is 79.2 Å². The minimum absolute atomic E-state index is 0.263. The van der Waals surface area contributed by atoms with E-state index in [2.05, 4.69) is 20.1 Å². The fraction of sp³-hybridized carbons (Fsp3) is 0.467. The van der Waals surface area contributed by atoms with Crippen LogP contribution in [-0.4, -0.2) is 39.3 Å². The fourth-order valence-corrected chi connectivity index (χ4v) is 2.76. The fourth-order valence-electron chi connectivity index (χ4n) is 2.76. The first-order valence-corrected chi connectivity index (χ1v) is 7.28. The highest BCUT2D eigenvalue weighted by Crippen LogP contribution is 2.24. The lowest BCUT2D eigenvalue weighted by atomic mass is 9.92. The SMILES string of the molecule is O=C(O)CCC1CCN(c2nnc3ccccc3n2)CC1. The van der Waals surface area contributed by atoms with E-state index in [1.54, 1.807) is 0 Å². The van der Waals surface area contributed by atoms with Gasteiger partial charge in [0.25, 0.3) is 0 Å². The molecule has 0 radical (unpaired) electrons. The van der Waals surface area contributed by atoms with Crippen molar-refractivity contribution in [3.63, 3.8) is 0 Å². The molecule has 1 aliphatic rings. The number of carbonyl (C=O) groups is 1. The molecule has 1 fully saturated rings. The molecule has 110 valence electrons. The summed E-state index contributed by atoms with van der Waals surface area (Å²) in [5.41, 5.74) is 1.66. The number of anilines is 1. The number of rotatable bonds is 4. The molecule has 0 aliphatic carbocycles. The van der Waals surface area contributed by atoms with Crippen LogP contribution in [0.4, 0.5) is 5.95 Å². The summed E-state index contributed by atoms with van der Waals surface area (Å²) in [6, 6.07) is 7.70. The first-order valence-electron chi connectivity index (χ1n) is 7.28. The number of hydrogen-bond acceptors (Lipinski definition) is 5. The quantitative estimate of drug-likeness (QED) is 0.927. The van der Waals surface area contributed by atoms with Gasteiger partial charge in [0.15, 0.2) is 0 Å². The van der Waals surface area contributed by atoms with Crippen molar-refractivity contribution in [2.75, 3.05) is 18.0 Å². The first-order chi connectivity index (χ1) is 10.2. The van der Waals surface area contributed by atoms with E-state index >= 15 is 0 Å². The third kappa shape index (κ3) is 3.26. The van der Waals surface area contributed by atoms with Crippen LogP contribution in [0.15, 0.2) is 24.3 Å². The number of nitrogens with zero attached hydrogens (tertiary/aromatic N) is 4. The molecule has 0 amide bonds. The summed E-state index contributed by atoms with van der Waals surface area (Å²) >= 11 is 0. The second-order valence-electron chi connectivity index (χ2n) is 5.46. The van der Waals surface area contributed by atoms with Crippen molar-refractivity contribution >= 4 is 23.0 Å². The second kappa shape index (κ2) is 6.03. The Labute approximate surface area is 122 Å². The van der Waals surface area contributed by atoms with Gasteiger partial charge in [-0.2, -0.15) is 0 Å². The second-order valence-corrected chi connectivity index (χ2v) is 5.46. The maximum absolute atomic E-state index is 10.6. The molecule has 1 aromatic carbocycles. The maximum Gasteiger partial charge on any atom is 0.303 e. The molecule has 0 spiro atoms. The van der Waals surface area contributed by atoms with Crippen molar-refractivity contribution in [3.8, 4) is 0 Å². The maximum atomic E-state index is 10.6. The lowest BCUT2D eigenvalue weighted by Gasteiger charge is -2.31. The van der Waals surface area contributed by atoms with Gasteiger partial charge in [-0.3, -0.25) is 4.79 Å². The molecule has 0 bridgehead atoms. The molecule has 6 heteroatoms. The van der Waals surface area contributed by atoms with Crippen LogP contribution >= 0.6 is 0 Å². The molecule has 1 N–H and O–H groups in total. The Morgan fingerprint density at radius 3 is 2.62 bits per heavy atom. The number of para-hydroxylation sites is 1. The number of aliphatic carboxylic acids is 1. The number of carboxylic acid groups (broad SMARTS) is 1. The van der Waals surface area contributed by atoms with Gasteiger partial charge in [-0.1, -0.05) is 12.1 Å². The highest BCUT2D eigenvalue weighted by Gasteiger charge is 2.21. The molecule has 3 rings (SSSR count). The first kappa shape index (κ1) is 13.7. The zero-order chi connectivity index (χ0) is 14.7. The summed E-state index contributed by atoms with van der Waals surface area (Å²) in [6.45, 7) is 1.73. The van der Waals surface area contributed by atoms with Gasteiger partial charge in [0, 0.05) is 19.5 Å². The summed E-state index contributed by atoms with van der Waals surface area (Å²) in [5.74, 6) is 0.454. The van der Waals surface area contributed by atoms with Crippen LogP contribution in [0.3, 0.4) is 0 Å². The number of benzene rings is 1. The van der Waals surface area contributed by atoms with E-state index in [9.17, 15) is 4.79 Å². The summed E-state index contributed by atoms with van der Waals surface area (Å²) in [7, 11) is 0. The van der Waals surface area contributed by atoms with Gasteiger partial charge in [0.2, 0.25) is 5.95 Å². The van der Waals surface area contributed by atoms with E-state index < -0.39 is 5.97 Å². The zero-order valence-electron chi connectivity index (χ0n) is 11.8. The Hall–Kier alpha value is -2.24. The van der Waals surface area contributed by atoms with Crippen LogP contribution in [0.5, 0.6) is 0 Å². The van der Waals surface area contributed by atoms with Crippen LogP contribution in [0.2, 0.25) is 0 Å². The molecule has 1 saturated heterocycles. The molecule has 1 aliphatic heterocycles. The molecule has 2 heterocycles. The zero-order valence-corrected chi connectivity index (χ0v) is 11.8. The Kier molecular flexibility index (Phi) is 3.94. The monoisotopic (exact) mass is 286 g/mol. The van der Waals surface area contributed by atoms with Gasteiger partial charge in [0.1, 0.15) is 5.52 Å². The third-order valence-corrected chi connectivity index (χ3v) is 4.01. The molecular formula is C15H18N4O2. The van der Waals surface area contributed by atoms with E-state index in [0.29, 0.717) is 11.9 Å². The largest absolute Gasteiger partial charge is 0.481 e. The summed E-state index contributed by atoms with van der Waals surface area (Å²) in [5, 5.41) is 17.1. The number of fused-ring (bicyclic) bond motifs is 1. The Bertz CT molecular complexity index is 638. The molecule has 21 heavy (non-hydrogen) atoms. The molecule has 6 nitrogen and oxygen atoms in total. The average molecular weight is 286 g/mol. The van der Waals surface area contributed by atoms with Crippen LogP contribution in [0, 0.1) is 5.92 Å². The van der Waals surface area contributed by atoms with Crippen LogP contribution in [-0.2, 0) is 4.79 Å². The Morgan fingerprint density at radius 2 is 1.90 bits per heavy atom. The smallest absolute Gasteiger partial charge is 0.303 e. The molecule has 1 aromatic heterocycles. The van der Waals surface area contributed by atoms with E-state index in [0.717, 1.165) is 43.4 Å². The predicted molar refractivity (Wildman–Crippen MR) is 79.1 cm³/mol. The Morgan fingerprint density at radius 1 is 1.19 bits per heavy atom. The van der Waals surface area contributed by atoms with Crippen molar-refractivity contribution < 1.29 is 9.90 Å². The number of carboxylic acids is 1. The van der Waals surface area contributed by atoms with Crippen molar-refractivity contribution in [1.29, 1.82) is 0 Å². The van der Waals surface area contributed by atoms with E-state index in [-0.39, 0.29) is 6.42 Å². The van der Waals surface area contributed by atoms with Crippen molar-refractivity contribution in [1.82, 2.24) is 15.2 Å². The Balaban J connectivity index is 1.64. The van der Waals surface area contributed by atoms with Gasteiger partial charge in [0.05, 0.1) is 5.52 Å². The van der Waals surface area contributed by atoms with Crippen LogP contribution in [0.25, 0.3) is 11.0 Å². The predicted octanol–water partition coefficient (Wildman–Crippen LogP) is 2.11. The lowest BCUT2D eigenvalue weighted by Crippen LogP contribution is -2.35. The summed E-state index contributed by atoms with van der Waals surface area (Å²) in [4.78, 5) is 17.3. The molecule has 2 aromatic rings. The summed E-state index contributed by atoms with van der Waals surface area (Å²) < 4.78 is 0. The van der Waals surface area contributed by atoms with Gasteiger partial charge in [-0.25, -0.2) is 4.98 Å². The summed E-state index contributed by atoms with van der Waals surface area (Å²) in [6.07, 6.45) is 3.01. The number of piperidine rings is 1. The molecule has 0 saturated carbocycles. The number of hydrogen-bond donors (Lipinski definition) is 1. The lowest BCUT2D eigenvalue weighted by molar-refractivity contribution is -0.137. The van der Waals surface area contributed by atoms with Gasteiger partial charge < -0.3 is 10.0 Å². The highest BCUT2D eigenvalue weighted by molar-refractivity contribution is 5.74. The van der Waals surface area contributed by atoms with E-state index in [4.69, 9.17) is 5.11 Å². The minimum atomic E-state index is -0.709. The van der Waals surface area contributed by atoms with E-state index in [1.165, 1.54) is 0 Å². The average Bonchev–Trinajstić information content (AvgIpc) is 2.53. The third-order valence-electron chi connectivity index (χ3n) is 4.01. The molecule has 0 unspecified atom stereocenters. The van der Waals surface area contributed by atoms with Gasteiger partial charge >= 0.3 is 5.97 Å². The standard InChI is InChI=1S/C15H18N4O2/c20-14(21)6-5-11-7-9-19(10-8-11)15-16-12-3-1-2-4-13(12)17-18-15/h1-4,11H,5-10H2,(H,20,21). The molecular weight excluding hydrogens is 268 g/mol. The van der Waals surface area contributed by atoms with Crippen LogP contribution in [0.1, 0.15) is 25.7 Å². The normalized spacial score (nSPS) is 16.3. The highest BCUT2D eigenvalue weighted by atomic mass is 16.4. The van der Waals surface area contributed by atoms with Crippen molar-refractivity contribution in [2.24, 2.45) is 5.92 Å². The van der Waals surface area contributed by atoms with Crippen molar-refractivity contribution in [3.05, 3.63) is 24.3 Å². The van der Waals surface area contributed by atoms with Crippen LogP contribution < -0.4 is 4.90 Å². The minimum Gasteiger partial charge on any atom is -0.481 e.